The molecule has 0 spiro atoms. The van der Waals surface area contributed by atoms with E-state index < -0.39 is 0 Å². The van der Waals surface area contributed by atoms with E-state index in [0.717, 1.165) is 19.3 Å². The highest BCUT2D eigenvalue weighted by Gasteiger charge is 1.97. The highest BCUT2D eigenvalue weighted by atomic mass is 16.2. The van der Waals surface area contributed by atoms with Crippen molar-refractivity contribution in [1.29, 1.82) is 0 Å². The predicted molar refractivity (Wildman–Crippen MR) is 110 cm³/mol. The first-order valence-corrected chi connectivity index (χ1v) is 10.6. The first kappa shape index (κ1) is 23.9. The van der Waals surface area contributed by atoms with E-state index in [9.17, 15) is 4.79 Å². The van der Waals surface area contributed by atoms with E-state index in [1.807, 2.05) is 0 Å². The monoisotopic (exact) mass is 350 g/mol. The number of allylic oxidation sites excluding steroid dienone is 4. The van der Waals surface area contributed by atoms with Gasteiger partial charge in [0.15, 0.2) is 0 Å². The zero-order valence-electron chi connectivity index (χ0n) is 16.6. The van der Waals surface area contributed by atoms with Crippen molar-refractivity contribution in [2.45, 2.75) is 110 Å². The lowest BCUT2D eigenvalue weighted by Crippen LogP contribution is -2.29. The van der Waals surface area contributed by atoms with Crippen LogP contribution in [0, 0.1) is 0 Å². The molecular weight excluding hydrogens is 308 g/mol. The lowest BCUT2D eigenvalue weighted by Gasteiger charge is -2.02. The number of carbonyl (C=O) groups is 1. The number of rotatable bonds is 18. The summed E-state index contributed by atoms with van der Waals surface area (Å²) in [5, 5.41) is 0. The Hall–Kier alpha value is -1.09. The van der Waals surface area contributed by atoms with E-state index in [1.54, 1.807) is 0 Å². The second-order valence-electron chi connectivity index (χ2n) is 6.96. The van der Waals surface area contributed by atoms with E-state index in [2.05, 4.69) is 36.7 Å². The molecule has 1 amide bonds. The summed E-state index contributed by atoms with van der Waals surface area (Å²) in [6.45, 7) is 2.25. The lowest BCUT2D eigenvalue weighted by molar-refractivity contribution is -0.121. The van der Waals surface area contributed by atoms with Gasteiger partial charge in [-0.3, -0.25) is 10.2 Å². The smallest absolute Gasteiger partial charge is 0.233 e. The van der Waals surface area contributed by atoms with Crippen LogP contribution in [0.4, 0.5) is 0 Å². The van der Waals surface area contributed by atoms with Gasteiger partial charge in [-0.15, -0.1) is 0 Å². The molecule has 146 valence electrons. The summed E-state index contributed by atoms with van der Waals surface area (Å²) in [6.07, 6.45) is 28.8. The van der Waals surface area contributed by atoms with Crippen molar-refractivity contribution in [2.75, 3.05) is 0 Å². The summed E-state index contributed by atoms with van der Waals surface area (Å²) in [4.78, 5) is 10.9. The van der Waals surface area contributed by atoms with E-state index in [0.29, 0.717) is 6.42 Å². The lowest BCUT2D eigenvalue weighted by atomic mass is 10.1. The van der Waals surface area contributed by atoms with Gasteiger partial charge >= 0.3 is 0 Å². The first-order chi connectivity index (χ1) is 12.3. The highest BCUT2D eigenvalue weighted by molar-refractivity contribution is 5.74. The molecule has 0 aromatic rings. The summed E-state index contributed by atoms with van der Waals surface area (Å²) in [7, 11) is 0. The Kier molecular flexibility index (Phi) is 20.0. The molecule has 0 rings (SSSR count). The molecule has 0 heterocycles. The number of unbranched alkanes of at least 4 members (excludes halogenated alkanes) is 12. The molecule has 0 aromatic heterocycles. The van der Waals surface area contributed by atoms with Gasteiger partial charge in [0.1, 0.15) is 0 Å². The summed E-state index contributed by atoms with van der Waals surface area (Å²) >= 11 is 0. The molecule has 0 aliphatic rings. The van der Waals surface area contributed by atoms with Crippen LogP contribution in [0.15, 0.2) is 24.3 Å². The molecule has 0 bridgehead atoms. The molecule has 0 aliphatic carbocycles. The Bertz CT molecular complexity index is 337. The first-order valence-electron chi connectivity index (χ1n) is 10.6. The average Bonchev–Trinajstić information content (AvgIpc) is 2.63. The fourth-order valence-electron chi connectivity index (χ4n) is 2.88. The number of nitrogens with two attached hydrogens (primary N) is 1. The van der Waals surface area contributed by atoms with Crippen LogP contribution in [0.3, 0.4) is 0 Å². The van der Waals surface area contributed by atoms with Crippen molar-refractivity contribution in [3.05, 3.63) is 24.3 Å². The number of amides is 1. The zero-order chi connectivity index (χ0) is 18.4. The quantitative estimate of drug-likeness (QED) is 0.0994. The molecule has 0 aliphatic heterocycles. The van der Waals surface area contributed by atoms with Crippen LogP contribution in [0.5, 0.6) is 0 Å². The van der Waals surface area contributed by atoms with Crippen molar-refractivity contribution >= 4 is 5.91 Å². The zero-order valence-corrected chi connectivity index (χ0v) is 16.6. The van der Waals surface area contributed by atoms with Crippen molar-refractivity contribution < 1.29 is 4.79 Å². The maximum atomic E-state index is 10.9. The van der Waals surface area contributed by atoms with Gasteiger partial charge in [-0.05, 0) is 38.5 Å². The van der Waals surface area contributed by atoms with E-state index in [4.69, 9.17) is 5.84 Å². The minimum Gasteiger partial charge on any atom is -0.294 e. The van der Waals surface area contributed by atoms with Gasteiger partial charge in [0, 0.05) is 6.42 Å². The summed E-state index contributed by atoms with van der Waals surface area (Å²) in [6, 6.07) is 0. The van der Waals surface area contributed by atoms with Crippen molar-refractivity contribution in [1.82, 2.24) is 5.43 Å². The minimum absolute atomic E-state index is 0.0444. The molecule has 0 saturated carbocycles. The van der Waals surface area contributed by atoms with Crippen LogP contribution in [0.25, 0.3) is 0 Å². The Morgan fingerprint density at radius 1 is 0.720 bits per heavy atom. The third-order valence-electron chi connectivity index (χ3n) is 4.52. The standard InChI is InChI=1S/C22H42N2O/c1-2-3-4-5-6-7-8-9-10-11-12-13-14-15-16-17-18-19-20-21-22(25)24-23/h6-7,9-10H,2-5,8,11-21,23H2,1H3,(H,24,25)/b7-6-,10-9-. The van der Waals surface area contributed by atoms with Crippen molar-refractivity contribution in [2.24, 2.45) is 5.84 Å². The number of carbonyl (C=O) groups excluding carboxylic acids is 1. The Morgan fingerprint density at radius 2 is 1.20 bits per heavy atom. The Balaban J connectivity index is 3.15. The molecule has 3 N–H and O–H groups in total. The largest absolute Gasteiger partial charge is 0.294 e. The number of hydrogen-bond acceptors (Lipinski definition) is 2. The van der Waals surface area contributed by atoms with E-state index in [1.165, 1.54) is 77.0 Å². The van der Waals surface area contributed by atoms with Crippen molar-refractivity contribution in [3.63, 3.8) is 0 Å². The summed E-state index contributed by atoms with van der Waals surface area (Å²) in [5.41, 5.74) is 2.18. The van der Waals surface area contributed by atoms with Gasteiger partial charge in [-0.1, -0.05) is 89.0 Å². The predicted octanol–water partition coefficient (Wildman–Crippen LogP) is 6.35. The van der Waals surface area contributed by atoms with Crippen LogP contribution < -0.4 is 11.3 Å². The van der Waals surface area contributed by atoms with Gasteiger partial charge in [0.05, 0.1) is 0 Å². The van der Waals surface area contributed by atoms with E-state index >= 15 is 0 Å². The van der Waals surface area contributed by atoms with Crippen LogP contribution >= 0.6 is 0 Å². The molecule has 0 radical (unpaired) electrons. The SMILES string of the molecule is CCCCC/C=C\C/C=C\CCCCCCCCCCCC(=O)NN. The number of hydrogen-bond donors (Lipinski definition) is 2. The highest BCUT2D eigenvalue weighted by Crippen LogP contribution is 2.11. The number of nitrogens with one attached hydrogen (secondary N) is 1. The van der Waals surface area contributed by atoms with Gasteiger partial charge in [0.2, 0.25) is 5.91 Å². The molecule has 0 fully saturated rings. The molecule has 0 saturated heterocycles. The fourth-order valence-corrected chi connectivity index (χ4v) is 2.88. The minimum atomic E-state index is -0.0444. The molecule has 3 heteroatoms. The molecule has 0 atom stereocenters. The summed E-state index contributed by atoms with van der Waals surface area (Å²) < 4.78 is 0. The van der Waals surface area contributed by atoms with Gasteiger partial charge in [-0.2, -0.15) is 0 Å². The third kappa shape index (κ3) is 20.9. The topological polar surface area (TPSA) is 55.1 Å². The molecule has 25 heavy (non-hydrogen) atoms. The van der Waals surface area contributed by atoms with Gasteiger partial charge < -0.3 is 0 Å². The Labute approximate surface area is 156 Å². The normalized spacial score (nSPS) is 11.6. The molecule has 0 aromatic carbocycles. The Morgan fingerprint density at radius 3 is 1.72 bits per heavy atom. The maximum Gasteiger partial charge on any atom is 0.233 e. The molecular formula is C22H42N2O. The maximum absolute atomic E-state index is 10.9. The second-order valence-corrected chi connectivity index (χ2v) is 6.96. The fraction of sp³-hybridized carbons (Fsp3) is 0.773. The van der Waals surface area contributed by atoms with Gasteiger partial charge in [0.25, 0.3) is 0 Å². The molecule has 3 nitrogen and oxygen atoms in total. The molecule has 0 unspecified atom stereocenters. The van der Waals surface area contributed by atoms with Crippen LogP contribution in [0.2, 0.25) is 0 Å². The van der Waals surface area contributed by atoms with Crippen LogP contribution in [-0.4, -0.2) is 5.91 Å². The van der Waals surface area contributed by atoms with Crippen LogP contribution in [-0.2, 0) is 4.79 Å². The van der Waals surface area contributed by atoms with E-state index in [-0.39, 0.29) is 5.91 Å². The van der Waals surface area contributed by atoms with Crippen molar-refractivity contribution in [3.8, 4) is 0 Å². The average molecular weight is 351 g/mol. The third-order valence-corrected chi connectivity index (χ3v) is 4.52. The van der Waals surface area contributed by atoms with Crippen LogP contribution in [0.1, 0.15) is 110 Å². The number of hydrazine groups is 1. The summed E-state index contributed by atoms with van der Waals surface area (Å²) in [5.74, 6) is 5.00. The van der Waals surface area contributed by atoms with Gasteiger partial charge in [-0.25, -0.2) is 5.84 Å². The second kappa shape index (κ2) is 21.0.